The second-order valence-electron chi connectivity index (χ2n) is 6.60. The molecule has 3 aromatic rings. The van der Waals surface area contributed by atoms with Crippen molar-refractivity contribution in [1.29, 1.82) is 0 Å². The van der Waals surface area contributed by atoms with E-state index in [9.17, 15) is 0 Å². The molecular formula is C21H22BrN3O2S. The fraction of sp³-hybridized carbons (Fsp3) is 0.333. The van der Waals surface area contributed by atoms with Crippen LogP contribution >= 0.6 is 27.7 Å². The molecule has 0 bridgehead atoms. The van der Waals surface area contributed by atoms with Crippen LogP contribution in [0.5, 0.6) is 5.75 Å². The third kappa shape index (κ3) is 4.66. The van der Waals surface area contributed by atoms with Crippen LogP contribution in [0.4, 0.5) is 0 Å². The number of fused-ring (bicyclic) bond motifs is 1. The minimum absolute atomic E-state index is 0.752. The molecule has 1 aromatic heterocycles. The van der Waals surface area contributed by atoms with Crippen molar-refractivity contribution in [3.05, 3.63) is 58.3 Å². The number of halogens is 1. The average Bonchev–Trinajstić information content (AvgIpc) is 2.73. The molecule has 4 rings (SSSR count). The van der Waals surface area contributed by atoms with Crippen LogP contribution < -0.4 is 4.74 Å². The van der Waals surface area contributed by atoms with Crippen LogP contribution in [-0.4, -0.2) is 48.3 Å². The quantitative estimate of drug-likeness (QED) is 0.398. The molecule has 0 N–H and O–H groups in total. The Morgan fingerprint density at radius 1 is 1.14 bits per heavy atom. The van der Waals surface area contributed by atoms with Crippen molar-refractivity contribution >= 4 is 38.6 Å². The van der Waals surface area contributed by atoms with Gasteiger partial charge < -0.3 is 9.47 Å². The minimum Gasteiger partial charge on any atom is -0.496 e. The minimum atomic E-state index is 0.752. The molecule has 0 amide bonds. The van der Waals surface area contributed by atoms with Crippen LogP contribution in [-0.2, 0) is 17.0 Å². The van der Waals surface area contributed by atoms with Gasteiger partial charge in [-0.2, -0.15) is 0 Å². The van der Waals surface area contributed by atoms with Crippen molar-refractivity contribution in [3.8, 4) is 5.75 Å². The molecule has 0 aliphatic carbocycles. The Bertz CT molecular complexity index is 964. The van der Waals surface area contributed by atoms with E-state index in [0.717, 1.165) is 76.1 Å². The van der Waals surface area contributed by atoms with Crippen molar-refractivity contribution in [2.45, 2.75) is 17.3 Å². The molecule has 7 heteroatoms. The van der Waals surface area contributed by atoms with Crippen LogP contribution in [0.2, 0.25) is 0 Å². The standard InChI is InChI=1S/C21H22BrN3O2S/c1-26-19-7-6-16(22)12-15(19)14-28-21-17-4-2-3-5-18(17)23-20(24-21)13-25-8-10-27-11-9-25/h2-7,12H,8-11,13-14H2,1H3. The Hall–Kier alpha value is -1.67. The second kappa shape index (κ2) is 9.22. The number of rotatable bonds is 6. The predicted molar refractivity (Wildman–Crippen MR) is 116 cm³/mol. The molecule has 0 unspecified atom stereocenters. The van der Waals surface area contributed by atoms with E-state index < -0.39 is 0 Å². The number of nitrogens with zero attached hydrogens (tertiary/aromatic N) is 3. The number of ether oxygens (including phenoxy) is 2. The summed E-state index contributed by atoms with van der Waals surface area (Å²) in [5, 5.41) is 2.10. The Labute approximate surface area is 177 Å². The SMILES string of the molecule is COc1ccc(Br)cc1CSc1nc(CN2CCOCC2)nc2ccccc12. The lowest BCUT2D eigenvalue weighted by Crippen LogP contribution is -2.36. The number of para-hydroxylation sites is 1. The molecule has 2 aromatic carbocycles. The van der Waals surface area contributed by atoms with Gasteiger partial charge in [0.05, 0.1) is 32.4 Å². The van der Waals surface area contributed by atoms with E-state index in [1.54, 1.807) is 18.9 Å². The third-order valence-electron chi connectivity index (χ3n) is 4.69. The monoisotopic (exact) mass is 459 g/mol. The van der Waals surface area contributed by atoms with E-state index in [1.807, 2.05) is 24.3 Å². The molecule has 1 aliphatic heterocycles. The summed E-state index contributed by atoms with van der Waals surface area (Å²) in [6, 6.07) is 14.3. The molecule has 1 saturated heterocycles. The first kappa shape index (κ1) is 19.6. The van der Waals surface area contributed by atoms with Gasteiger partial charge in [-0.1, -0.05) is 34.1 Å². The summed E-state index contributed by atoms with van der Waals surface area (Å²) in [4.78, 5) is 12.0. The van der Waals surface area contributed by atoms with Crippen LogP contribution in [0, 0.1) is 0 Å². The number of hydrogen-bond acceptors (Lipinski definition) is 6. The molecule has 5 nitrogen and oxygen atoms in total. The maximum atomic E-state index is 5.52. The van der Waals surface area contributed by atoms with Crippen molar-refractivity contribution in [2.24, 2.45) is 0 Å². The van der Waals surface area contributed by atoms with Crippen molar-refractivity contribution in [1.82, 2.24) is 14.9 Å². The summed E-state index contributed by atoms with van der Waals surface area (Å²) in [6.45, 7) is 4.15. The lowest BCUT2D eigenvalue weighted by atomic mass is 10.2. The Balaban J connectivity index is 1.61. The summed E-state index contributed by atoms with van der Waals surface area (Å²) >= 11 is 5.27. The van der Waals surface area contributed by atoms with Gasteiger partial charge in [-0.25, -0.2) is 9.97 Å². The first-order chi connectivity index (χ1) is 13.7. The Kier molecular flexibility index (Phi) is 6.47. The maximum Gasteiger partial charge on any atom is 0.144 e. The van der Waals surface area contributed by atoms with E-state index in [2.05, 4.69) is 39.0 Å². The summed E-state index contributed by atoms with van der Waals surface area (Å²) in [5.74, 6) is 2.53. The summed E-state index contributed by atoms with van der Waals surface area (Å²) < 4.78 is 12.0. The molecule has 0 atom stereocenters. The van der Waals surface area contributed by atoms with Gasteiger partial charge in [0.15, 0.2) is 0 Å². The van der Waals surface area contributed by atoms with E-state index in [4.69, 9.17) is 19.4 Å². The van der Waals surface area contributed by atoms with Gasteiger partial charge >= 0.3 is 0 Å². The van der Waals surface area contributed by atoms with Gasteiger partial charge in [-0.05, 0) is 24.3 Å². The lowest BCUT2D eigenvalue weighted by molar-refractivity contribution is 0.0330. The van der Waals surface area contributed by atoms with Crippen LogP contribution in [0.25, 0.3) is 10.9 Å². The molecule has 2 heterocycles. The van der Waals surface area contributed by atoms with Gasteiger partial charge in [0.2, 0.25) is 0 Å². The van der Waals surface area contributed by atoms with Crippen LogP contribution in [0.1, 0.15) is 11.4 Å². The predicted octanol–water partition coefficient (Wildman–Crippen LogP) is 4.53. The zero-order valence-corrected chi connectivity index (χ0v) is 18.1. The zero-order valence-electron chi connectivity index (χ0n) is 15.7. The van der Waals surface area contributed by atoms with Crippen LogP contribution in [0.15, 0.2) is 52.0 Å². The Morgan fingerprint density at radius 3 is 2.79 bits per heavy atom. The van der Waals surface area contributed by atoms with Gasteiger partial charge in [-0.15, -0.1) is 11.8 Å². The smallest absolute Gasteiger partial charge is 0.144 e. The maximum absolute atomic E-state index is 5.52. The van der Waals surface area contributed by atoms with Gasteiger partial charge in [-0.3, -0.25) is 4.90 Å². The molecule has 1 aliphatic rings. The van der Waals surface area contributed by atoms with E-state index in [0.29, 0.717) is 0 Å². The highest BCUT2D eigenvalue weighted by Crippen LogP contribution is 2.32. The fourth-order valence-corrected chi connectivity index (χ4v) is 4.66. The molecule has 1 fully saturated rings. The number of methoxy groups -OCH3 is 1. The largest absolute Gasteiger partial charge is 0.496 e. The molecule has 0 radical (unpaired) electrons. The highest BCUT2D eigenvalue weighted by Gasteiger charge is 2.15. The number of morpholine rings is 1. The van der Waals surface area contributed by atoms with E-state index in [1.165, 1.54) is 0 Å². The highest BCUT2D eigenvalue weighted by atomic mass is 79.9. The molecule has 0 spiro atoms. The Morgan fingerprint density at radius 2 is 1.96 bits per heavy atom. The summed E-state index contributed by atoms with van der Waals surface area (Å²) in [5.41, 5.74) is 2.13. The highest BCUT2D eigenvalue weighted by molar-refractivity contribution is 9.10. The lowest BCUT2D eigenvalue weighted by Gasteiger charge is -2.25. The number of thioether (sulfide) groups is 1. The van der Waals surface area contributed by atoms with Gasteiger partial charge in [0, 0.05) is 34.3 Å². The second-order valence-corrected chi connectivity index (χ2v) is 8.48. The third-order valence-corrected chi connectivity index (χ3v) is 6.22. The molecule has 146 valence electrons. The first-order valence-electron chi connectivity index (χ1n) is 9.24. The van der Waals surface area contributed by atoms with E-state index in [-0.39, 0.29) is 0 Å². The summed E-state index contributed by atoms with van der Waals surface area (Å²) in [7, 11) is 1.71. The topological polar surface area (TPSA) is 47.5 Å². The normalized spacial score (nSPS) is 15.1. The summed E-state index contributed by atoms with van der Waals surface area (Å²) in [6.07, 6.45) is 0. The van der Waals surface area contributed by atoms with Gasteiger partial charge in [0.1, 0.15) is 16.6 Å². The van der Waals surface area contributed by atoms with Crippen molar-refractivity contribution in [3.63, 3.8) is 0 Å². The van der Waals surface area contributed by atoms with Gasteiger partial charge in [0.25, 0.3) is 0 Å². The number of benzene rings is 2. The zero-order chi connectivity index (χ0) is 19.3. The fourth-order valence-electron chi connectivity index (χ4n) is 3.24. The number of hydrogen-bond donors (Lipinski definition) is 0. The van der Waals surface area contributed by atoms with Crippen molar-refractivity contribution in [2.75, 3.05) is 33.4 Å². The average molecular weight is 460 g/mol. The molecule has 28 heavy (non-hydrogen) atoms. The van der Waals surface area contributed by atoms with E-state index >= 15 is 0 Å². The van der Waals surface area contributed by atoms with Crippen molar-refractivity contribution < 1.29 is 9.47 Å². The van der Waals surface area contributed by atoms with Crippen LogP contribution in [0.3, 0.4) is 0 Å². The molecule has 0 saturated carbocycles. The first-order valence-corrected chi connectivity index (χ1v) is 11.0. The number of aromatic nitrogens is 2. The molecular weight excluding hydrogens is 438 g/mol.